The van der Waals surface area contributed by atoms with Crippen LogP contribution in [0.3, 0.4) is 0 Å². The van der Waals surface area contributed by atoms with Crippen LogP contribution in [0.25, 0.3) is 16.9 Å². The maximum atomic E-state index is 6.43. The number of halogens is 1. The summed E-state index contributed by atoms with van der Waals surface area (Å²) in [4.78, 5) is 9.31. The highest BCUT2D eigenvalue weighted by Crippen LogP contribution is 2.38. The van der Waals surface area contributed by atoms with Crippen molar-refractivity contribution in [3.8, 4) is 16.9 Å². The summed E-state index contributed by atoms with van der Waals surface area (Å²) in [5.41, 5.74) is 7.33. The predicted molar refractivity (Wildman–Crippen MR) is 120 cm³/mol. The van der Waals surface area contributed by atoms with Gasteiger partial charge in [0.25, 0.3) is 0 Å². The number of hydrogen-bond acceptors (Lipinski definition) is 4. The zero-order valence-electron chi connectivity index (χ0n) is 17.0. The minimum absolute atomic E-state index is 0.147. The Kier molecular flexibility index (Phi) is 4.21. The molecule has 0 amide bonds. The summed E-state index contributed by atoms with van der Waals surface area (Å²) in [7, 11) is 0. The highest BCUT2D eigenvalue weighted by Gasteiger charge is 2.29. The fourth-order valence-electron chi connectivity index (χ4n) is 4.36. The first-order valence-corrected chi connectivity index (χ1v) is 10.7. The van der Waals surface area contributed by atoms with E-state index in [2.05, 4.69) is 43.5 Å². The molecule has 0 fully saturated rings. The highest BCUT2D eigenvalue weighted by molar-refractivity contribution is 6.31. The molecule has 0 unspecified atom stereocenters. The minimum Gasteiger partial charge on any atom is -0.474 e. The van der Waals surface area contributed by atoms with Gasteiger partial charge in [-0.05, 0) is 30.7 Å². The lowest BCUT2D eigenvalue weighted by Gasteiger charge is -2.13. The second kappa shape index (κ2) is 7.10. The van der Waals surface area contributed by atoms with Crippen LogP contribution in [0.15, 0.2) is 66.0 Å². The van der Waals surface area contributed by atoms with Gasteiger partial charge in [0.1, 0.15) is 18.6 Å². The third kappa shape index (κ3) is 3.06. The van der Waals surface area contributed by atoms with Gasteiger partial charge in [0.05, 0.1) is 35.9 Å². The molecule has 154 valence electrons. The van der Waals surface area contributed by atoms with Gasteiger partial charge in [-0.15, -0.1) is 0 Å². The van der Waals surface area contributed by atoms with Crippen LogP contribution in [0.4, 0.5) is 0 Å². The van der Waals surface area contributed by atoms with Gasteiger partial charge in [-0.1, -0.05) is 41.9 Å². The predicted octanol–water partition coefficient (Wildman–Crippen LogP) is 4.51. The summed E-state index contributed by atoms with van der Waals surface area (Å²) in [6.45, 7) is 3.33. The van der Waals surface area contributed by atoms with E-state index in [1.54, 1.807) is 0 Å². The molecule has 4 aromatic rings. The number of benzene rings is 2. The van der Waals surface area contributed by atoms with E-state index in [4.69, 9.17) is 21.4 Å². The minimum atomic E-state index is 0.147. The largest absolute Gasteiger partial charge is 0.474 e. The Hall–Kier alpha value is -3.38. The molecule has 6 nitrogen and oxygen atoms in total. The lowest BCUT2D eigenvalue weighted by atomic mass is 10.0. The fraction of sp³-hybridized carbons (Fsp3) is 0.208. The molecule has 0 saturated heterocycles. The Labute approximate surface area is 184 Å². The molecule has 31 heavy (non-hydrogen) atoms. The summed E-state index contributed by atoms with van der Waals surface area (Å²) in [6, 6.07) is 16.5. The summed E-state index contributed by atoms with van der Waals surface area (Å²) in [5, 5.41) is 5.44. The van der Waals surface area contributed by atoms with Crippen molar-refractivity contribution >= 4 is 17.5 Å². The maximum absolute atomic E-state index is 6.43. The summed E-state index contributed by atoms with van der Waals surface area (Å²) >= 11 is 6.43. The lowest BCUT2D eigenvalue weighted by Crippen LogP contribution is -2.08. The molecule has 2 aliphatic heterocycles. The molecule has 0 bridgehead atoms. The van der Waals surface area contributed by atoms with Gasteiger partial charge in [0.15, 0.2) is 0 Å². The van der Waals surface area contributed by atoms with Crippen LogP contribution in [0, 0.1) is 0 Å². The van der Waals surface area contributed by atoms with Gasteiger partial charge >= 0.3 is 0 Å². The van der Waals surface area contributed by atoms with E-state index in [1.165, 1.54) is 5.56 Å². The maximum Gasteiger partial charge on any atom is 0.237 e. The van der Waals surface area contributed by atoms with Crippen molar-refractivity contribution in [2.24, 2.45) is 4.99 Å². The van der Waals surface area contributed by atoms with Crippen LogP contribution < -0.4 is 0 Å². The highest BCUT2D eigenvalue weighted by atomic mass is 35.5. The van der Waals surface area contributed by atoms with Crippen molar-refractivity contribution in [1.29, 1.82) is 0 Å². The topological polar surface area (TPSA) is 57.2 Å². The number of aliphatic imine (C=N–C) groups is 1. The van der Waals surface area contributed by atoms with Crippen LogP contribution in [-0.4, -0.2) is 37.9 Å². The van der Waals surface area contributed by atoms with Crippen molar-refractivity contribution < 1.29 is 4.74 Å². The van der Waals surface area contributed by atoms with Crippen molar-refractivity contribution in [3.63, 3.8) is 0 Å². The lowest BCUT2D eigenvalue weighted by molar-refractivity contribution is 0.323. The molecule has 0 aliphatic carbocycles. The van der Waals surface area contributed by atoms with Gasteiger partial charge < -0.3 is 9.30 Å². The first kappa shape index (κ1) is 18.4. The number of nitrogens with zero attached hydrogens (tertiary/aromatic N) is 5. The molecule has 0 saturated carbocycles. The van der Waals surface area contributed by atoms with E-state index in [1.807, 2.05) is 43.7 Å². The van der Waals surface area contributed by atoms with Crippen LogP contribution >= 0.6 is 11.6 Å². The van der Waals surface area contributed by atoms with E-state index in [0.717, 1.165) is 33.9 Å². The standard InChI is InChI=1S/C24H20ClN5O/c1-15-13-31-24(28-15)22-21-9-17-11-27-30(12-16-5-3-2-4-6-16)23(17)19-10-18(25)7-8-20(19)29(21)14-26-22/h2-8,10-11,14-15H,9,12-13H2,1H3/t15-/m0/s1. The van der Waals surface area contributed by atoms with Crippen molar-refractivity contribution in [2.45, 2.75) is 25.9 Å². The van der Waals surface area contributed by atoms with Crippen LogP contribution in [0.1, 0.15) is 29.4 Å². The Bertz CT molecular complexity index is 1320. The van der Waals surface area contributed by atoms with Gasteiger partial charge in [0, 0.05) is 22.6 Å². The Morgan fingerprint density at radius 1 is 1.16 bits per heavy atom. The quantitative estimate of drug-likeness (QED) is 0.424. The van der Waals surface area contributed by atoms with Crippen molar-refractivity contribution in [2.75, 3.05) is 6.61 Å². The zero-order chi connectivity index (χ0) is 20.9. The molecule has 0 spiro atoms. The van der Waals surface area contributed by atoms with Crippen LogP contribution in [0.2, 0.25) is 5.02 Å². The van der Waals surface area contributed by atoms with Gasteiger partial charge in [-0.25, -0.2) is 9.98 Å². The number of aromatic nitrogens is 4. The third-order valence-electron chi connectivity index (χ3n) is 5.79. The molecular formula is C24H20ClN5O. The average molecular weight is 430 g/mol. The SMILES string of the molecule is C[C@H]1COC(c2ncn3c2Cc2cnn(Cc4ccccc4)c2-c2cc(Cl)ccc2-3)=N1. The third-order valence-corrected chi connectivity index (χ3v) is 6.02. The Morgan fingerprint density at radius 3 is 2.84 bits per heavy atom. The van der Waals surface area contributed by atoms with Gasteiger partial charge in [0.2, 0.25) is 5.90 Å². The van der Waals surface area contributed by atoms with Crippen molar-refractivity contribution in [1.82, 2.24) is 19.3 Å². The van der Waals surface area contributed by atoms with Crippen LogP contribution in [-0.2, 0) is 17.7 Å². The molecule has 7 heteroatoms. The Balaban J connectivity index is 1.54. The molecule has 2 aliphatic rings. The van der Waals surface area contributed by atoms with Gasteiger partial charge in [-0.3, -0.25) is 4.68 Å². The number of ether oxygens (including phenoxy) is 1. The molecule has 1 atom stereocenters. The monoisotopic (exact) mass is 429 g/mol. The van der Waals surface area contributed by atoms with E-state index in [0.29, 0.717) is 30.5 Å². The Morgan fingerprint density at radius 2 is 2.03 bits per heavy atom. The van der Waals surface area contributed by atoms with E-state index in [9.17, 15) is 0 Å². The van der Waals surface area contributed by atoms with Crippen LogP contribution in [0.5, 0.6) is 0 Å². The zero-order valence-corrected chi connectivity index (χ0v) is 17.8. The average Bonchev–Trinajstić information content (AvgIpc) is 3.46. The van der Waals surface area contributed by atoms with Gasteiger partial charge in [-0.2, -0.15) is 5.10 Å². The fourth-order valence-corrected chi connectivity index (χ4v) is 4.53. The first-order valence-electron chi connectivity index (χ1n) is 10.3. The van der Waals surface area contributed by atoms with E-state index >= 15 is 0 Å². The van der Waals surface area contributed by atoms with E-state index in [-0.39, 0.29) is 6.04 Å². The molecule has 2 aromatic carbocycles. The molecule has 6 rings (SSSR count). The number of fused-ring (bicyclic) bond motifs is 5. The number of rotatable bonds is 3. The van der Waals surface area contributed by atoms with E-state index < -0.39 is 0 Å². The first-order chi connectivity index (χ1) is 15.2. The summed E-state index contributed by atoms with van der Waals surface area (Å²) < 4.78 is 10.0. The smallest absolute Gasteiger partial charge is 0.237 e. The number of hydrogen-bond donors (Lipinski definition) is 0. The van der Waals surface area contributed by atoms with Crippen molar-refractivity contribution in [3.05, 3.63) is 88.6 Å². The molecular weight excluding hydrogens is 410 g/mol. The molecule has 0 radical (unpaired) electrons. The normalized spacial score (nSPS) is 16.7. The molecule has 2 aromatic heterocycles. The molecule has 0 N–H and O–H groups in total. The second-order valence-corrected chi connectivity index (χ2v) is 8.44. The summed E-state index contributed by atoms with van der Waals surface area (Å²) in [5.74, 6) is 0.622. The number of imidazole rings is 1. The summed E-state index contributed by atoms with van der Waals surface area (Å²) in [6.07, 6.45) is 4.49. The molecule has 4 heterocycles. The second-order valence-electron chi connectivity index (χ2n) is 8.00.